The van der Waals surface area contributed by atoms with E-state index in [1.54, 1.807) is 18.2 Å². The highest BCUT2D eigenvalue weighted by atomic mass is 19.4. The van der Waals surface area contributed by atoms with Crippen LogP contribution in [-0.2, 0) is 5.54 Å². The minimum Gasteiger partial charge on any atom is -0.445 e. The number of hydrogen-bond acceptors (Lipinski definition) is 9. The van der Waals surface area contributed by atoms with Crippen molar-refractivity contribution in [3.63, 3.8) is 0 Å². The Morgan fingerprint density at radius 3 is 2.48 bits per heavy atom. The third-order valence-electron chi connectivity index (χ3n) is 8.16. The van der Waals surface area contributed by atoms with Gasteiger partial charge in [-0.25, -0.2) is 9.67 Å². The third-order valence-corrected chi connectivity index (χ3v) is 8.16. The summed E-state index contributed by atoms with van der Waals surface area (Å²) in [6.07, 6.45) is 1.12. The summed E-state index contributed by atoms with van der Waals surface area (Å²) < 4.78 is 48.5. The molecule has 46 heavy (non-hydrogen) atoms. The van der Waals surface area contributed by atoms with Crippen molar-refractivity contribution in [3.05, 3.63) is 83.1 Å². The number of rotatable bonds is 8. The zero-order valence-corrected chi connectivity index (χ0v) is 25.6. The summed E-state index contributed by atoms with van der Waals surface area (Å²) in [6, 6.07) is 12.5. The van der Waals surface area contributed by atoms with Crippen LogP contribution < -0.4 is 10.6 Å². The van der Waals surface area contributed by atoms with E-state index in [1.807, 2.05) is 19.1 Å². The standard InChI is InChI=1S/C33H30F3N9O/c1-19-23(6-5-7-24(19)30-39-10-11-46-30)29(26-17-45(44-43-26)32(8-9-32)33(34,35)36)42-22-12-20(14-37)27-25(13-22)28(21(15-38)16-40-27)41-18-31(2,3)4/h5-7,10-13,16-17,29,42H,8-9,18H2,1-4H3,(H,40,41). The molecule has 0 saturated heterocycles. The average Bonchev–Trinajstić information content (AvgIpc) is 3.41. The molecular formula is C33H30F3N9O. The smallest absolute Gasteiger partial charge is 0.413 e. The van der Waals surface area contributed by atoms with Crippen LogP contribution in [0.4, 0.5) is 24.5 Å². The molecule has 10 nitrogen and oxygen atoms in total. The molecule has 0 radical (unpaired) electrons. The van der Waals surface area contributed by atoms with E-state index in [-0.39, 0.29) is 29.5 Å². The van der Waals surface area contributed by atoms with Gasteiger partial charge in [-0.1, -0.05) is 38.1 Å². The van der Waals surface area contributed by atoms with Gasteiger partial charge in [-0.3, -0.25) is 4.98 Å². The molecule has 2 aromatic carbocycles. The highest BCUT2D eigenvalue weighted by Gasteiger charge is 2.66. The number of hydrogen-bond donors (Lipinski definition) is 2. The van der Waals surface area contributed by atoms with E-state index in [4.69, 9.17) is 4.42 Å². The summed E-state index contributed by atoms with van der Waals surface area (Å²) in [5.74, 6) is 0.387. The van der Waals surface area contributed by atoms with E-state index >= 15 is 0 Å². The predicted octanol–water partition coefficient (Wildman–Crippen LogP) is 7.24. The number of anilines is 2. The van der Waals surface area contributed by atoms with Crippen molar-refractivity contribution < 1.29 is 17.6 Å². The van der Waals surface area contributed by atoms with Crippen LogP contribution in [-0.4, -0.2) is 37.7 Å². The highest BCUT2D eigenvalue weighted by molar-refractivity contribution is 5.99. The van der Waals surface area contributed by atoms with Crippen LogP contribution in [0.3, 0.4) is 0 Å². The Balaban J connectivity index is 1.50. The van der Waals surface area contributed by atoms with Crippen molar-refractivity contribution in [2.45, 2.75) is 58.3 Å². The van der Waals surface area contributed by atoms with E-state index in [9.17, 15) is 23.7 Å². The van der Waals surface area contributed by atoms with Gasteiger partial charge in [-0.2, -0.15) is 23.7 Å². The highest BCUT2D eigenvalue weighted by Crippen LogP contribution is 2.55. The fourth-order valence-electron chi connectivity index (χ4n) is 5.51. The Labute approximate surface area is 262 Å². The largest absolute Gasteiger partial charge is 0.445 e. The van der Waals surface area contributed by atoms with Crippen LogP contribution in [0.25, 0.3) is 22.4 Å². The van der Waals surface area contributed by atoms with Crippen molar-refractivity contribution >= 4 is 22.3 Å². The molecule has 1 atom stereocenters. The molecule has 2 N–H and O–H groups in total. The maximum absolute atomic E-state index is 14.0. The van der Waals surface area contributed by atoms with Gasteiger partial charge >= 0.3 is 6.18 Å². The first-order valence-corrected chi connectivity index (χ1v) is 14.6. The van der Waals surface area contributed by atoms with E-state index in [0.717, 1.165) is 10.2 Å². The zero-order valence-electron chi connectivity index (χ0n) is 25.6. The molecule has 1 fully saturated rings. The second kappa shape index (κ2) is 11.2. The van der Waals surface area contributed by atoms with E-state index in [2.05, 4.69) is 63.8 Å². The number of aromatic nitrogens is 5. The Bertz CT molecular complexity index is 2010. The monoisotopic (exact) mass is 625 g/mol. The number of fused-ring (bicyclic) bond motifs is 1. The van der Waals surface area contributed by atoms with E-state index in [1.165, 1.54) is 24.9 Å². The lowest BCUT2D eigenvalue weighted by atomic mass is 9.94. The molecule has 1 saturated carbocycles. The van der Waals surface area contributed by atoms with E-state index < -0.39 is 17.8 Å². The first-order valence-electron chi connectivity index (χ1n) is 14.6. The molecule has 3 heterocycles. The maximum Gasteiger partial charge on any atom is 0.413 e. The van der Waals surface area contributed by atoms with Crippen molar-refractivity contribution in [2.75, 3.05) is 17.2 Å². The van der Waals surface area contributed by atoms with Crippen molar-refractivity contribution in [1.29, 1.82) is 10.5 Å². The molecule has 0 spiro atoms. The first-order chi connectivity index (χ1) is 21.8. The minimum absolute atomic E-state index is 0.0785. The van der Waals surface area contributed by atoms with Crippen LogP contribution in [0.5, 0.6) is 0 Å². The van der Waals surface area contributed by atoms with Gasteiger partial charge in [0.15, 0.2) is 5.54 Å². The van der Waals surface area contributed by atoms with Gasteiger partial charge in [0.25, 0.3) is 0 Å². The van der Waals surface area contributed by atoms with Crippen LogP contribution in [0, 0.1) is 35.0 Å². The molecule has 0 bridgehead atoms. The second-order valence-corrected chi connectivity index (χ2v) is 12.7. The summed E-state index contributed by atoms with van der Waals surface area (Å²) in [7, 11) is 0. The lowest BCUT2D eigenvalue weighted by molar-refractivity contribution is -0.182. The van der Waals surface area contributed by atoms with Gasteiger partial charge in [0, 0.05) is 29.4 Å². The molecule has 6 rings (SSSR count). The summed E-state index contributed by atoms with van der Waals surface area (Å²) in [5, 5.41) is 35.5. The van der Waals surface area contributed by atoms with Crippen molar-refractivity contribution in [1.82, 2.24) is 25.0 Å². The fraction of sp³-hybridized carbons (Fsp3) is 0.333. The normalized spacial score (nSPS) is 14.8. The topological polar surface area (TPSA) is 141 Å². The fourth-order valence-corrected chi connectivity index (χ4v) is 5.51. The Morgan fingerprint density at radius 1 is 1.09 bits per heavy atom. The van der Waals surface area contributed by atoms with Gasteiger partial charge < -0.3 is 15.1 Å². The number of benzene rings is 2. The van der Waals surface area contributed by atoms with Gasteiger partial charge in [0.1, 0.15) is 24.1 Å². The van der Waals surface area contributed by atoms with Gasteiger partial charge in [0.2, 0.25) is 5.89 Å². The maximum atomic E-state index is 14.0. The molecule has 0 aliphatic heterocycles. The Hall–Kier alpha value is -5.43. The number of nitrogens with zero attached hydrogens (tertiary/aromatic N) is 7. The van der Waals surface area contributed by atoms with Gasteiger partial charge in [-0.05, 0) is 54.5 Å². The van der Waals surface area contributed by atoms with Crippen LogP contribution >= 0.6 is 0 Å². The molecule has 1 unspecified atom stereocenters. The van der Waals surface area contributed by atoms with Crippen molar-refractivity contribution in [2.24, 2.45) is 5.41 Å². The summed E-state index contributed by atoms with van der Waals surface area (Å²) >= 11 is 0. The van der Waals surface area contributed by atoms with Gasteiger partial charge in [0.05, 0.1) is 40.8 Å². The number of nitriles is 2. The number of halogens is 3. The SMILES string of the molecule is Cc1c(-c2ncco2)cccc1C(Nc1cc(C#N)c2ncc(C#N)c(NCC(C)(C)C)c2c1)c1cn(C2(C(F)(F)F)CC2)nn1. The molecular weight excluding hydrogens is 595 g/mol. The van der Waals surface area contributed by atoms with Crippen LogP contribution in [0.15, 0.2) is 59.6 Å². The first kappa shape index (κ1) is 30.6. The summed E-state index contributed by atoms with van der Waals surface area (Å²) in [5.41, 5.74) is 2.18. The quantitative estimate of drug-likeness (QED) is 0.182. The lowest BCUT2D eigenvalue weighted by Crippen LogP contribution is -2.35. The van der Waals surface area contributed by atoms with Crippen LogP contribution in [0.2, 0.25) is 0 Å². The number of nitrogens with one attached hydrogen (secondary N) is 2. The lowest BCUT2D eigenvalue weighted by Gasteiger charge is -2.23. The van der Waals surface area contributed by atoms with Crippen LogP contribution in [0.1, 0.15) is 67.6 Å². The molecule has 5 aromatic rings. The molecule has 0 amide bonds. The third kappa shape index (κ3) is 5.49. The number of alkyl halides is 3. The van der Waals surface area contributed by atoms with Gasteiger partial charge in [-0.15, -0.1) is 5.10 Å². The summed E-state index contributed by atoms with van der Waals surface area (Å²) in [6.45, 7) is 8.57. The Morgan fingerprint density at radius 2 is 1.85 bits per heavy atom. The molecule has 1 aliphatic rings. The zero-order chi connectivity index (χ0) is 32.9. The average molecular weight is 626 g/mol. The predicted molar refractivity (Wildman–Crippen MR) is 165 cm³/mol. The molecule has 234 valence electrons. The second-order valence-electron chi connectivity index (χ2n) is 12.7. The van der Waals surface area contributed by atoms with E-state index in [0.29, 0.717) is 51.4 Å². The molecule has 3 aromatic heterocycles. The van der Waals surface area contributed by atoms with Crippen molar-refractivity contribution in [3.8, 4) is 23.6 Å². The number of pyridine rings is 1. The summed E-state index contributed by atoms with van der Waals surface area (Å²) in [4.78, 5) is 8.69. The molecule has 1 aliphatic carbocycles. The minimum atomic E-state index is -4.48. The Kier molecular flexibility index (Phi) is 7.43. The number of oxazole rings is 1. The molecule has 13 heteroatoms.